The Morgan fingerprint density at radius 1 is 1.26 bits per heavy atom. The van der Waals surface area contributed by atoms with Gasteiger partial charge in [0, 0.05) is 13.0 Å². The fraction of sp³-hybridized carbons (Fsp3) is 0.529. The van der Waals surface area contributed by atoms with Crippen LogP contribution in [0.25, 0.3) is 0 Å². The predicted molar refractivity (Wildman–Crippen MR) is 84.6 cm³/mol. The maximum atomic E-state index is 12.0. The highest BCUT2D eigenvalue weighted by molar-refractivity contribution is 5.89. The van der Waals surface area contributed by atoms with Gasteiger partial charge in [-0.05, 0) is 39.0 Å². The number of ether oxygens (including phenoxy) is 3. The lowest BCUT2D eigenvalue weighted by atomic mass is 10.2. The van der Waals surface area contributed by atoms with Crippen LogP contribution in [0.15, 0.2) is 24.3 Å². The van der Waals surface area contributed by atoms with Gasteiger partial charge in [0.05, 0.1) is 19.2 Å². The zero-order valence-electron chi connectivity index (χ0n) is 14.0. The molecule has 6 nitrogen and oxygen atoms in total. The number of carbonyl (C=O) groups excluding carboxylic acids is 2. The number of methoxy groups -OCH3 is 1. The SMILES string of the molecule is COC(=O)c1cccc(OC2CCN(C(=O)OC(C)(C)C)C2)c1. The van der Waals surface area contributed by atoms with Gasteiger partial charge < -0.3 is 19.1 Å². The van der Waals surface area contributed by atoms with E-state index >= 15 is 0 Å². The van der Waals surface area contributed by atoms with Gasteiger partial charge in [-0.1, -0.05) is 6.07 Å². The third kappa shape index (κ3) is 4.87. The lowest BCUT2D eigenvalue weighted by molar-refractivity contribution is 0.0275. The summed E-state index contributed by atoms with van der Waals surface area (Å²) in [6.07, 6.45) is 0.282. The number of esters is 1. The third-order valence-corrected chi connectivity index (χ3v) is 3.35. The molecule has 0 bridgehead atoms. The second kappa shape index (κ2) is 6.89. The number of hydrogen-bond acceptors (Lipinski definition) is 5. The van der Waals surface area contributed by atoms with Crippen molar-refractivity contribution in [3.63, 3.8) is 0 Å². The van der Waals surface area contributed by atoms with Gasteiger partial charge in [-0.3, -0.25) is 0 Å². The number of amides is 1. The average molecular weight is 321 g/mol. The highest BCUT2D eigenvalue weighted by atomic mass is 16.6. The molecule has 6 heteroatoms. The lowest BCUT2D eigenvalue weighted by Crippen LogP contribution is -2.36. The highest BCUT2D eigenvalue weighted by Crippen LogP contribution is 2.21. The number of rotatable bonds is 3. The van der Waals surface area contributed by atoms with E-state index in [2.05, 4.69) is 0 Å². The molecule has 0 N–H and O–H groups in total. The molecule has 1 aliphatic heterocycles. The molecule has 1 amide bonds. The summed E-state index contributed by atoms with van der Waals surface area (Å²) in [5.41, 5.74) is -0.0720. The Morgan fingerprint density at radius 2 is 2.00 bits per heavy atom. The van der Waals surface area contributed by atoms with Crippen LogP contribution in [0.3, 0.4) is 0 Å². The van der Waals surface area contributed by atoms with E-state index in [0.29, 0.717) is 24.4 Å². The minimum Gasteiger partial charge on any atom is -0.488 e. The zero-order chi connectivity index (χ0) is 17.0. The molecule has 0 aliphatic carbocycles. The summed E-state index contributed by atoms with van der Waals surface area (Å²) in [6.45, 7) is 6.58. The molecule has 1 saturated heterocycles. The van der Waals surface area contributed by atoms with Gasteiger partial charge in [-0.25, -0.2) is 9.59 Å². The quantitative estimate of drug-likeness (QED) is 0.801. The molecule has 0 aromatic heterocycles. The van der Waals surface area contributed by atoms with Crippen LogP contribution in [0.4, 0.5) is 4.79 Å². The Hall–Kier alpha value is -2.24. The second-order valence-electron chi connectivity index (χ2n) is 6.47. The molecule has 1 unspecified atom stereocenters. The van der Waals surface area contributed by atoms with Crippen LogP contribution in [-0.4, -0.2) is 48.9 Å². The first-order chi connectivity index (χ1) is 10.8. The van der Waals surface area contributed by atoms with Crippen molar-refractivity contribution in [2.75, 3.05) is 20.2 Å². The van der Waals surface area contributed by atoms with Crippen LogP contribution in [0.1, 0.15) is 37.6 Å². The monoisotopic (exact) mass is 321 g/mol. The summed E-state index contributed by atoms with van der Waals surface area (Å²) in [5.74, 6) is 0.182. The van der Waals surface area contributed by atoms with Crippen molar-refractivity contribution in [2.45, 2.75) is 38.9 Å². The lowest BCUT2D eigenvalue weighted by Gasteiger charge is -2.24. The van der Waals surface area contributed by atoms with Gasteiger partial charge in [0.25, 0.3) is 0 Å². The van der Waals surface area contributed by atoms with E-state index in [1.807, 2.05) is 20.8 Å². The molecular formula is C17H23NO5. The van der Waals surface area contributed by atoms with Crippen LogP contribution >= 0.6 is 0 Å². The topological polar surface area (TPSA) is 65.1 Å². The molecule has 1 heterocycles. The van der Waals surface area contributed by atoms with Gasteiger partial charge in [0.2, 0.25) is 0 Å². The fourth-order valence-corrected chi connectivity index (χ4v) is 2.32. The van der Waals surface area contributed by atoms with E-state index in [9.17, 15) is 9.59 Å². The summed E-state index contributed by atoms with van der Waals surface area (Å²) < 4.78 is 15.9. The number of benzene rings is 1. The average Bonchev–Trinajstić information content (AvgIpc) is 2.93. The molecule has 126 valence electrons. The van der Waals surface area contributed by atoms with Crippen LogP contribution in [0.2, 0.25) is 0 Å². The molecule has 1 atom stereocenters. The van der Waals surface area contributed by atoms with Crippen molar-refractivity contribution < 1.29 is 23.8 Å². The van der Waals surface area contributed by atoms with Crippen molar-refractivity contribution in [3.05, 3.63) is 29.8 Å². The van der Waals surface area contributed by atoms with E-state index in [1.54, 1.807) is 29.2 Å². The van der Waals surface area contributed by atoms with Crippen LogP contribution in [-0.2, 0) is 9.47 Å². The Bertz CT molecular complexity index is 579. The number of hydrogen-bond donors (Lipinski definition) is 0. The number of carbonyl (C=O) groups is 2. The largest absolute Gasteiger partial charge is 0.488 e. The second-order valence-corrected chi connectivity index (χ2v) is 6.47. The van der Waals surface area contributed by atoms with Crippen molar-refractivity contribution in [1.29, 1.82) is 0 Å². The summed E-state index contributed by atoms with van der Waals surface area (Å²) in [7, 11) is 1.34. The molecular weight excluding hydrogens is 298 g/mol. The van der Waals surface area contributed by atoms with Gasteiger partial charge >= 0.3 is 12.1 Å². The summed E-state index contributed by atoms with van der Waals surface area (Å²) in [6, 6.07) is 6.83. The minimum absolute atomic E-state index is 0.115. The Kier molecular flexibility index (Phi) is 5.13. The molecule has 0 saturated carbocycles. The first-order valence-electron chi connectivity index (χ1n) is 7.61. The number of nitrogens with zero attached hydrogens (tertiary/aromatic N) is 1. The van der Waals surface area contributed by atoms with Crippen molar-refractivity contribution in [3.8, 4) is 5.75 Å². The first kappa shape index (κ1) is 17.1. The highest BCUT2D eigenvalue weighted by Gasteiger charge is 2.30. The van der Waals surface area contributed by atoms with Gasteiger partial charge in [0.1, 0.15) is 17.5 Å². The van der Waals surface area contributed by atoms with E-state index in [4.69, 9.17) is 14.2 Å². The first-order valence-corrected chi connectivity index (χ1v) is 7.61. The summed E-state index contributed by atoms with van der Waals surface area (Å²) in [4.78, 5) is 25.2. The van der Waals surface area contributed by atoms with E-state index < -0.39 is 11.6 Å². The smallest absolute Gasteiger partial charge is 0.410 e. The fourth-order valence-electron chi connectivity index (χ4n) is 2.32. The van der Waals surface area contributed by atoms with Crippen molar-refractivity contribution in [1.82, 2.24) is 4.90 Å². The Balaban J connectivity index is 1.93. The van der Waals surface area contributed by atoms with Crippen molar-refractivity contribution >= 4 is 12.1 Å². The standard InChI is InChI=1S/C17H23NO5/c1-17(2,3)23-16(20)18-9-8-14(11-18)22-13-7-5-6-12(10-13)15(19)21-4/h5-7,10,14H,8-9,11H2,1-4H3. The molecule has 1 fully saturated rings. The molecule has 23 heavy (non-hydrogen) atoms. The summed E-state index contributed by atoms with van der Waals surface area (Å²) in [5, 5.41) is 0. The van der Waals surface area contributed by atoms with E-state index in [0.717, 1.165) is 6.42 Å². The normalized spacial score (nSPS) is 17.7. The van der Waals surface area contributed by atoms with Gasteiger partial charge in [-0.15, -0.1) is 0 Å². The maximum absolute atomic E-state index is 12.0. The van der Waals surface area contributed by atoms with Gasteiger partial charge in [-0.2, -0.15) is 0 Å². The Labute approximate surface area is 136 Å². The molecule has 1 aromatic carbocycles. The van der Waals surface area contributed by atoms with Crippen LogP contribution < -0.4 is 4.74 Å². The third-order valence-electron chi connectivity index (χ3n) is 3.35. The molecule has 2 rings (SSSR count). The molecule has 0 spiro atoms. The molecule has 0 radical (unpaired) electrons. The predicted octanol–water partition coefficient (Wildman–Crippen LogP) is 2.86. The number of likely N-dealkylation sites (tertiary alicyclic amines) is 1. The molecule has 1 aliphatic rings. The minimum atomic E-state index is -0.509. The van der Waals surface area contributed by atoms with E-state index in [-0.39, 0.29) is 12.2 Å². The zero-order valence-corrected chi connectivity index (χ0v) is 14.0. The van der Waals surface area contributed by atoms with Gasteiger partial charge in [0.15, 0.2) is 0 Å². The Morgan fingerprint density at radius 3 is 2.65 bits per heavy atom. The van der Waals surface area contributed by atoms with E-state index in [1.165, 1.54) is 7.11 Å². The maximum Gasteiger partial charge on any atom is 0.410 e. The van der Waals surface area contributed by atoms with Crippen LogP contribution in [0, 0.1) is 0 Å². The summed E-state index contributed by atoms with van der Waals surface area (Å²) >= 11 is 0. The molecule has 1 aromatic rings. The van der Waals surface area contributed by atoms with Crippen molar-refractivity contribution in [2.24, 2.45) is 0 Å². The van der Waals surface area contributed by atoms with Crippen LogP contribution in [0.5, 0.6) is 5.75 Å².